The van der Waals surface area contributed by atoms with E-state index in [1.54, 1.807) is 0 Å². The van der Waals surface area contributed by atoms with Gasteiger partial charge in [-0.3, -0.25) is 4.79 Å². The molecule has 0 aliphatic heterocycles. The van der Waals surface area contributed by atoms with Crippen molar-refractivity contribution in [3.63, 3.8) is 0 Å². The molecule has 0 saturated carbocycles. The van der Waals surface area contributed by atoms with Gasteiger partial charge in [-0.25, -0.2) is 0 Å². The summed E-state index contributed by atoms with van der Waals surface area (Å²) >= 11 is 1.29. The molecular weight excluding hydrogens is 206 g/mol. The Labute approximate surface area is 95.7 Å². The molecule has 1 aromatic rings. The third-order valence-electron chi connectivity index (χ3n) is 2.15. The summed E-state index contributed by atoms with van der Waals surface area (Å²) in [5.41, 5.74) is 0. The lowest BCUT2D eigenvalue weighted by molar-refractivity contribution is 0.212. The van der Waals surface area contributed by atoms with E-state index in [4.69, 9.17) is 0 Å². The maximum atomic E-state index is 11.9. The van der Waals surface area contributed by atoms with Crippen molar-refractivity contribution < 1.29 is 4.79 Å². The molecule has 0 aliphatic rings. The number of thioether (sulfide) groups is 1. The summed E-state index contributed by atoms with van der Waals surface area (Å²) in [6.07, 6.45) is 0. The highest BCUT2D eigenvalue weighted by Crippen LogP contribution is 2.21. The number of amides is 1. The van der Waals surface area contributed by atoms with Gasteiger partial charge in [0.25, 0.3) is 5.24 Å². The zero-order chi connectivity index (χ0) is 11.3. The predicted octanol–water partition coefficient (Wildman–Crippen LogP) is 3.63. The Balaban J connectivity index is 2.62. The van der Waals surface area contributed by atoms with Crippen LogP contribution in [0.5, 0.6) is 0 Å². The van der Waals surface area contributed by atoms with Gasteiger partial charge in [-0.15, -0.1) is 0 Å². The van der Waals surface area contributed by atoms with Crippen LogP contribution >= 0.6 is 11.8 Å². The molecule has 0 radical (unpaired) electrons. The molecule has 0 aliphatic carbocycles. The standard InChI is InChI=1S/C12H17NOS/c1-4-13(10(2)3)12(14)15-11-8-6-5-7-9-11/h5-10H,4H2,1-3H3. The number of hydrogen-bond donors (Lipinski definition) is 0. The van der Waals surface area contributed by atoms with E-state index in [9.17, 15) is 4.79 Å². The molecular formula is C12H17NOS. The van der Waals surface area contributed by atoms with E-state index in [-0.39, 0.29) is 11.3 Å². The van der Waals surface area contributed by atoms with E-state index in [2.05, 4.69) is 0 Å². The molecule has 0 fully saturated rings. The fraction of sp³-hybridized carbons (Fsp3) is 0.417. The van der Waals surface area contributed by atoms with E-state index >= 15 is 0 Å². The third-order valence-corrected chi connectivity index (χ3v) is 3.06. The Morgan fingerprint density at radius 2 is 1.93 bits per heavy atom. The Kier molecular flexibility index (Phi) is 4.69. The van der Waals surface area contributed by atoms with Crippen molar-refractivity contribution in [1.82, 2.24) is 4.90 Å². The monoisotopic (exact) mass is 223 g/mol. The van der Waals surface area contributed by atoms with Gasteiger partial charge in [0.2, 0.25) is 0 Å². The maximum absolute atomic E-state index is 11.9. The molecule has 15 heavy (non-hydrogen) atoms. The van der Waals surface area contributed by atoms with Crippen LogP contribution in [-0.4, -0.2) is 22.7 Å². The largest absolute Gasteiger partial charge is 0.331 e. The van der Waals surface area contributed by atoms with Crippen molar-refractivity contribution >= 4 is 17.0 Å². The summed E-state index contributed by atoms with van der Waals surface area (Å²) in [6.45, 7) is 6.83. The third kappa shape index (κ3) is 3.59. The van der Waals surface area contributed by atoms with Gasteiger partial charge in [0, 0.05) is 17.5 Å². The fourth-order valence-electron chi connectivity index (χ4n) is 1.35. The van der Waals surface area contributed by atoms with E-state index in [0.717, 1.165) is 11.4 Å². The molecule has 0 spiro atoms. The molecule has 0 unspecified atom stereocenters. The minimum Gasteiger partial charge on any atom is -0.331 e. The van der Waals surface area contributed by atoms with Crippen molar-refractivity contribution in [3.8, 4) is 0 Å². The van der Waals surface area contributed by atoms with E-state index in [0.29, 0.717) is 0 Å². The molecule has 0 N–H and O–H groups in total. The minimum atomic E-state index is 0.124. The van der Waals surface area contributed by atoms with Crippen molar-refractivity contribution in [1.29, 1.82) is 0 Å². The Bertz CT molecular complexity index is 311. The number of carbonyl (C=O) groups is 1. The molecule has 3 heteroatoms. The molecule has 2 nitrogen and oxygen atoms in total. The van der Waals surface area contributed by atoms with Crippen LogP contribution in [0.2, 0.25) is 0 Å². The van der Waals surface area contributed by atoms with Crippen LogP contribution in [0.1, 0.15) is 20.8 Å². The van der Waals surface area contributed by atoms with Crippen LogP contribution in [0.4, 0.5) is 4.79 Å². The van der Waals surface area contributed by atoms with E-state index in [1.165, 1.54) is 11.8 Å². The lowest BCUT2D eigenvalue weighted by Gasteiger charge is -2.24. The molecule has 1 amide bonds. The highest BCUT2D eigenvalue weighted by molar-refractivity contribution is 8.13. The number of carbonyl (C=O) groups excluding carboxylic acids is 1. The number of nitrogens with zero attached hydrogens (tertiary/aromatic N) is 1. The van der Waals surface area contributed by atoms with Crippen molar-refractivity contribution in [2.24, 2.45) is 0 Å². The molecule has 1 aromatic carbocycles. The van der Waals surface area contributed by atoms with Crippen LogP contribution in [-0.2, 0) is 0 Å². The lowest BCUT2D eigenvalue weighted by atomic mass is 10.3. The number of rotatable bonds is 3. The first kappa shape index (κ1) is 12.1. The summed E-state index contributed by atoms with van der Waals surface area (Å²) in [4.78, 5) is 14.7. The van der Waals surface area contributed by atoms with Gasteiger partial charge in [0.1, 0.15) is 0 Å². The molecule has 0 bridgehead atoms. The van der Waals surface area contributed by atoms with Crippen molar-refractivity contribution in [3.05, 3.63) is 30.3 Å². The van der Waals surface area contributed by atoms with Gasteiger partial charge < -0.3 is 4.90 Å². The number of hydrogen-bond acceptors (Lipinski definition) is 2. The van der Waals surface area contributed by atoms with Crippen LogP contribution < -0.4 is 0 Å². The smallest absolute Gasteiger partial charge is 0.286 e. The van der Waals surface area contributed by atoms with Crippen molar-refractivity contribution in [2.75, 3.05) is 6.54 Å². The fourth-order valence-corrected chi connectivity index (χ4v) is 2.31. The first-order chi connectivity index (χ1) is 7.15. The molecule has 0 atom stereocenters. The predicted molar refractivity (Wildman–Crippen MR) is 65.2 cm³/mol. The van der Waals surface area contributed by atoms with E-state index < -0.39 is 0 Å². The normalized spacial score (nSPS) is 10.4. The Morgan fingerprint density at radius 1 is 1.33 bits per heavy atom. The van der Waals surface area contributed by atoms with Gasteiger partial charge in [0.15, 0.2) is 0 Å². The van der Waals surface area contributed by atoms with Gasteiger partial charge in [-0.2, -0.15) is 0 Å². The van der Waals surface area contributed by atoms with Gasteiger partial charge in [-0.1, -0.05) is 18.2 Å². The van der Waals surface area contributed by atoms with Crippen LogP contribution in [0.3, 0.4) is 0 Å². The second-order valence-corrected chi connectivity index (χ2v) is 4.59. The first-order valence-corrected chi connectivity index (χ1v) is 6.00. The van der Waals surface area contributed by atoms with Crippen LogP contribution in [0.15, 0.2) is 35.2 Å². The Hall–Kier alpha value is -0.960. The average molecular weight is 223 g/mol. The van der Waals surface area contributed by atoms with Gasteiger partial charge in [0.05, 0.1) is 0 Å². The SMILES string of the molecule is CCN(C(=O)Sc1ccccc1)C(C)C. The minimum absolute atomic E-state index is 0.124. The molecule has 1 rings (SSSR count). The van der Waals surface area contributed by atoms with Gasteiger partial charge >= 0.3 is 0 Å². The van der Waals surface area contributed by atoms with Gasteiger partial charge in [-0.05, 0) is 44.7 Å². The summed E-state index contributed by atoms with van der Waals surface area (Å²) in [7, 11) is 0. The van der Waals surface area contributed by atoms with Crippen LogP contribution in [0, 0.1) is 0 Å². The second kappa shape index (κ2) is 5.81. The average Bonchev–Trinajstić information content (AvgIpc) is 2.19. The summed E-state index contributed by atoms with van der Waals surface area (Å²) in [5, 5.41) is 0.124. The molecule has 0 saturated heterocycles. The Morgan fingerprint density at radius 3 is 2.40 bits per heavy atom. The van der Waals surface area contributed by atoms with E-state index in [1.807, 2.05) is 56.0 Å². The summed E-state index contributed by atoms with van der Waals surface area (Å²) in [6, 6.07) is 10.0. The molecule has 0 aromatic heterocycles. The quantitative estimate of drug-likeness (QED) is 0.729. The zero-order valence-electron chi connectivity index (χ0n) is 9.43. The second-order valence-electron chi connectivity index (χ2n) is 3.56. The highest BCUT2D eigenvalue weighted by atomic mass is 32.2. The molecule has 0 heterocycles. The molecule has 82 valence electrons. The zero-order valence-corrected chi connectivity index (χ0v) is 10.3. The number of benzene rings is 1. The van der Waals surface area contributed by atoms with Crippen molar-refractivity contribution in [2.45, 2.75) is 31.7 Å². The maximum Gasteiger partial charge on any atom is 0.286 e. The lowest BCUT2D eigenvalue weighted by Crippen LogP contribution is -2.33. The summed E-state index contributed by atoms with van der Waals surface area (Å²) < 4.78 is 0. The topological polar surface area (TPSA) is 20.3 Å². The highest BCUT2D eigenvalue weighted by Gasteiger charge is 2.15. The van der Waals surface area contributed by atoms with Crippen LogP contribution in [0.25, 0.3) is 0 Å². The summed E-state index contributed by atoms with van der Waals surface area (Å²) in [5.74, 6) is 0. The first-order valence-electron chi connectivity index (χ1n) is 5.18.